The predicted octanol–water partition coefficient (Wildman–Crippen LogP) is 0.282. The average molecular weight is 566 g/mol. The summed E-state index contributed by atoms with van der Waals surface area (Å²) >= 11 is 4.66. The quantitative estimate of drug-likeness (QED) is 0.150. The van der Waals surface area contributed by atoms with Crippen LogP contribution in [0.5, 0.6) is 0 Å². The Morgan fingerprint density at radius 1 is 0.846 bits per heavy atom. The lowest BCUT2D eigenvalue weighted by molar-refractivity contribution is -0.143. The molecule has 4 N–H and O–H groups in total. The van der Waals surface area contributed by atoms with Gasteiger partial charge in [-0.1, -0.05) is 12.1 Å². The minimum atomic E-state index is -1.10. The van der Waals surface area contributed by atoms with E-state index in [4.69, 9.17) is 10.2 Å². The van der Waals surface area contributed by atoms with Gasteiger partial charge in [-0.3, -0.25) is 33.9 Å². The maximum atomic E-state index is 11.2. The van der Waals surface area contributed by atoms with Crippen LogP contribution < -0.4 is 0 Å². The highest BCUT2D eigenvalue weighted by atomic mass is 32.1. The van der Waals surface area contributed by atoms with Gasteiger partial charge in [-0.15, -0.1) is 0 Å². The number of carboxylic acid groups (broad SMARTS) is 4. The Kier molecular flexibility index (Phi) is 13.6. The number of aliphatic imine (C=N–C) groups is 1. The molecule has 0 saturated carbocycles. The number of aliphatic carboxylic acids is 4. The molecule has 1 aromatic carbocycles. The summed E-state index contributed by atoms with van der Waals surface area (Å²) in [6.45, 7) is 2.06. The zero-order valence-corrected chi connectivity index (χ0v) is 22.5. The molecule has 1 aliphatic rings. The van der Waals surface area contributed by atoms with E-state index < -0.39 is 23.9 Å². The van der Waals surface area contributed by atoms with Crippen molar-refractivity contribution >= 4 is 46.9 Å². The highest BCUT2D eigenvalue weighted by molar-refractivity contribution is 7.78. The van der Waals surface area contributed by atoms with Crippen LogP contribution in [0.15, 0.2) is 29.3 Å². The molecule has 0 aromatic heterocycles. The highest BCUT2D eigenvalue weighted by Gasteiger charge is 2.27. The van der Waals surface area contributed by atoms with Gasteiger partial charge in [0.25, 0.3) is 0 Å². The second kappa shape index (κ2) is 16.6. The van der Waals surface area contributed by atoms with Crippen LogP contribution in [-0.4, -0.2) is 147 Å². The van der Waals surface area contributed by atoms with Crippen LogP contribution in [0.3, 0.4) is 0 Å². The van der Waals surface area contributed by atoms with Crippen molar-refractivity contribution in [1.29, 1.82) is 0 Å². The molecule has 0 aliphatic carbocycles. The van der Waals surface area contributed by atoms with Gasteiger partial charge in [0.1, 0.15) is 0 Å². The Morgan fingerprint density at radius 2 is 1.36 bits per heavy atom. The first-order valence-electron chi connectivity index (χ1n) is 12.5. The second-order valence-corrected chi connectivity index (χ2v) is 9.60. The Bertz CT molecular complexity index is 1000. The van der Waals surface area contributed by atoms with Gasteiger partial charge >= 0.3 is 23.9 Å². The van der Waals surface area contributed by atoms with E-state index in [2.05, 4.69) is 32.2 Å². The lowest BCUT2D eigenvalue weighted by Gasteiger charge is -2.34. The number of nitrogens with zero attached hydrogens (tertiary/aromatic N) is 5. The number of isothiocyanates is 1. The van der Waals surface area contributed by atoms with Crippen LogP contribution in [0.1, 0.15) is 12.0 Å². The molecule has 1 aromatic rings. The molecule has 0 spiro atoms. The summed E-state index contributed by atoms with van der Waals surface area (Å²) in [5.74, 6) is -4.38. The van der Waals surface area contributed by atoms with Crippen molar-refractivity contribution in [2.45, 2.75) is 18.9 Å². The number of carbonyl (C=O) groups is 4. The summed E-state index contributed by atoms with van der Waals surface area (Å²) in [4.78, 5) is 56.0. The predicted molar refractivity (Wildman–Crippen MR) is 145 cm³/mol. The maximum Gasteiger partial charge on any atom is 0.317 e. The number of hydrogen-bond acceptors (Lipinski definition) is 10. The summed E-state index contributed by atoms with van der Waals surface area (Å²) in [5, 5.41) is 39.0. The van der Waals surface area contributed by atoms with Crippen LogP contribution in [-0.2, 0) is 25.6 Å². The fourth-order valence-electron chi connectivity index (χ4n) is 4.65. The van der Waals surface area contributed by atoms with Gasteiger partial charge in [0, 0.05) is 38.8 Å². The molecule has 1 unspecified atom stereocenters. The molecular weight excluding hydrogens is 530 g/mol. The van der Waals surface area contributed by atoms with E-state index in [-0.39, 0.29) is 45.3 Å². The van der Waals surface area contributed by atoms with Crippen molar-refractivity contribution in [2.24, 2.45) is 4.99 Å². The topological polar surface area (TPSA) is 175 Å². The fraction of sp³-hybridized carbons (Fsp3) is 0.560. The summed E-state index contributed by atoms with van der Waals surface area (Å²) in [6.07, 6.45) is 1.44. The Hall–Kier alpha value is -3.26. The van der Waals surface area contributed by atoms with Gasteiger partial charge in [0.05, 0.1) is 37.0 Å². The van der Waals surface area contributed by atoms with E-state index in [0.717, 1.165) is 18.5 Å². The number of rotatable bonds is 17. The van der Waals surface area contributed by atoms with Gasteiger partial charge in [-0.2, -0.15) is 4.99 Å². The minimum Gasteiger partial charge on any atom is -0.480 e. The Morgan fingerprint density at radius 3 is 1.85 bits per heavy atom. The fourth-order valence-corrected chi connectivity index (χ4v) is 4.76. The SMILES string of the molecule is O=C(O)CN(CCN1CCCN(CCN(CC(=O)O)CC(=O)O)C(Cc2ccc(N=C=S)cc2)C1)CC(=O)O. The third kappa shape index (κ3) is 12.9. The van der Waals surface area contributed by atoms with E-state index in [9.17, 15) is 29.4 Å². The lowest BCUT2D eigenvalue weighted by Crippen LogP contribution is -2.48. The van der Waals surface area contributed by atoms with Crippen molar-refractivity contribution in [3.63, 3.8) is 0 Å². The van der Waals surface area contributed by atoms with Crippen molar-refractivity contribution in [2.75, 3.05) is 72.0 Å². The van der Waals surface area contributed by atoms with E-state index in [1.165, 1.54) is 9.80 Å². The van der Waals surface area contributed by atoms with Gasteiger partial charge in [-0.05, 0) is 55.8 Å². The molecule has 1 aliphatic heterocycles. The molecule has 1 saturated heterocycles. The molecule has 13 nitrogen and oxygen atoms in total. The summed E-state index contributed by atoms with van der Waals surface area (Å²) < 4.78 is 0. The van der Waals surface area contributed by atoms with Crippen LogP contribution in [0, 0.1) is 0 Å². The largest absolute Gasteiger partial charge is 0.480 e. The summed E-state index contributed by atoms with van der Waals surface area (Å²) in [7, 11) is 0. The lowest BCUT2D eigenvalue weighted by atomic mass is 10.0. The average Bonchev–Trinajstić information content (AvgIpc) is 3.02. The molecule has 2 rings (SSSR count). The molecule has 1 fully saturated rings. The first-order chi connectivity index (χ1) is 18.5. The molecule has 1 atom stereocenters. The smallest absolute Gasteiger partial charge is 0.317 e. The molecule has 0 radical (unpaired) electrons. The standard InChI is InChI=1S/C25H35N5O8S/c31-22(32)14-28(15-23(33)34)9-8-27-6-1-7-30(11-10-29(16-24(35)36)17-25(37)38)21(13-27)12-19-2-4-20(5-3-19)26-18-39/h2-5,21H,1,6-17H2,(H,31,32)(H,33,34)(H,35,36)(H,37,38). The molecule has 39 heavy (non-hydrogen) atoms. The van der Waals surface area contributed by atoms with Crippen molar-refractivity contribution in [3.8, 4) is 0 Å². The van der Waals surface area contributed by atoms with Crippen LogP contribution >= 0.6 is 12.2 Å². The van der Waals surface area contributed by atoms with Crippen molar-refractivity contribution in [3.05, 3.63) is 29.8 Å². The molecule has 1 heterocycles. The maximum absolute atomic E-state index is 11.2. The highest BCUT2D eigenvalue weighted by Crippen LogP contribution is 2.18. The first kappa shape index (κ1) is 32.0. The second-order valence-electron chi connectivity index (χ2n) is 9.41. The molecule has 0 amide bonds. The molecule has 214 valence electrons. The minimum absolute atomic E-state index is 0.00345. The summed E-state index contributed by atoms with van der Waals surface area (Å²) in [5.41, 5.74) is 1.73. The number of benzene rings is 1. The third-order valence-electron chi connectivity index (χ3n) is 6.36. The van der Waals surface area contributed by atoms with Crippen LogP contribution in [0.25, 0.3) is 0 Å². The van der Waals surface area contributed by atoms with E-state index >= 15 is 0 Å². The number of thiocarbonyl (C=S) groups is 1. The molecule has 0 bridgehead atoms. The molecule has 14 heteroatoms. The summed E-state index contributed by atoms with van der Waals surface area (Å²) in [6, 6.07) is 7.56. The Balaban J connectivity index is 2.17. The third-order valence-corrected chi connectivity index (χ3v) is 6.45. The van der Waals surface area contributed by atoms with Gasteiger partial charge in [-0.25, -0.2) is 0 Å². The van der Waals surface area contributed by atoms with Gasteiger partial charge < -0.3 is 25.3 Å². The van der Waals surface area contributed by atoms with Gasteiger partial charge in [0.15, 0.2) is 0 Å². The van der Waals surface area contributed by atoms with E-state index in [1.54, 1.807) is 0 Å². The normalized spacial score (nSPS) is 16.5. The van der Waals surface area contributed by atoms with Crippen molar-refractivity contribution in [1.82, 2.24) is 19.6 Å². The van der Waals surface area contributed by atoms with E-state index in [1.807, 2.05) is 24.3 Å². The van der Waals surface area contributed by atoms with E-state index in [0.29, 0.717) is 38.3 Å². The first-order valence-corrected chi connectivity index (χ1v) is 12.9. The van der Waals surface area contributed by atoms with Crippen LogP contribution in [0.2, 0.25) is 0 Å². The van der Waals surface area contributed by atoms with Crippen molar-refractivity contribution < 1.29 is 39.6 Å². The van der Waals surface area contributed by atoms with Gasteiger partial charge in [0.2, 0.25) is 0 Å². The zero-order chi connectivity index (χ0) is 28.8. The van der Waals surface area contributed by atoms with Crippen LogP contribution in [0.4, 0.5) is 5.69 Å². The Labute approximate surface area is 231 Å². The zero-order valence-electron chi connectivity index (χ0n) is 21.6. The monoisotopic (exact) mass is 565 g/mol. The number of hydrogen-bond donors (Lipinski definition) is 4. The number of carboxylic acids is 4. The molecular formula is C25H35N5O8S.